The Morgan fingerprint density at radius 1 is 0.864 bits per heavy atom. The van der Waals surface area contributed by atoms with Gasteiger partial charge in [0.1, 0.15) is 11.4 Å². The highest BCUT2D eigenvalue weighted by atomic mass is 35.5. The number of hydrogen-bond donors (Lipinski definition) is 2. The number of esters is 1. The van der Waals surface area contributed by atoms with E-state index in [1.807, 2.05) is 60.7 Å². The van der Waals surface area contributed by atoms with Gasteiger partial charge in [-0.3, -0.25) is 14.4 Å². The summed E-state index contributed by atoms with van der Waals surface area (Å²) in [5.74, 6) is 0.0374. The topological polar surface area (TPSA) is 95.3 Å². The number of alkyl halides is 1. The molecule has 7 rings (SSSR count). The monoisotopic (exact) mass is 603 g/mol. The van der Waals surface area contributed by atoms with E-state index in [2.05, 4.69) is 29.0 Å². The van der Waals surface area contributed by atoms with Gasteiger partial charge in [-0.05, 0) is 64.9 Å². The normalized spacial score (nSPS) is 14.4. The third-order valence-electron chi connectivity index (χ3n) is 8.49. The van der Waals surface area contributed by atoms with Crippen LogP contribution in [-0.4, -0.2) is 40.1 Å². The van der Waals surface area contributed by atoms with Crippen LogP contribution >= 0.6 is 11.6 Å². The van der Waals surface area contributed by atoms with Crippen molar-refractivity contribution in [2.45, 2.75) is 32.6 Å². The van der Waals surface area contributed by atoms with Crippen molar-refractivity contribution in [3.05, 3.63) is 107 Å². The Hall–Kier alpha value is -4.88. The molecule has 4 aromatic carbocycles. The van der Waals surface area contributed by atoms with Crippen molar-refractivity contribution in [3.63, 3.8) is 0 Å². The number of hydrogen-bond acceptors (Lipinski definition) is 4. The maximum Gasteiger partial charge on any atom is 0.308 e. The van der Waals surface area contributed by atoms with Crippen LogP contribution in [-0.2, 0) is 17.6 Å². The number of aromatic nitrogens is 2. The number of ether oxygens (including phenoxy) is 1. The third kappa shape index (κ3) is 4.83. The quantitative estimate of drug-likeness (QED) is 0.0846. The first-order valence-electron chi connectivity index (χ1n) is 14.7. The lowest BCUT2D eigenvalue weighted by Gasteiger charge is -2.18. The number of nitrogens with zero attached hydrogens (tertiary/aromatic N) is 1. The largest absolute Gasteiger partial charge is 0.426 e. The van der Waals surface area contributed by atoms with Gasteiger partial charge in [-0.15, -0.1) is 11.6 Å². The van der Waals surface area contributed by atoms with Gasteiger partial charge in [0.15, 0.2) is 5.78 Å². The summed E-state index contributed by atoms with van der Waals surface area (Å²) in [6.45, 7) is 3.88. The maximum atomic E-state index is 14.0. The minimum atomic E-state index is -0.431. The predicted molar refractivity (Wildman–Crippen MR) is 174 cm³/mol. The van der Waals surface area contributed by atoms with Gasteiger partial charge in [0.25, 0.3) is 5.91 Å². The van der Waals surface area contributed by atoms with Crippen molar-refractivity contribution in [3.8, 4) is 5.75 Å². The standard InChI is InChI=1S/C36H30ClN3O4/c1-3-21-8-10-28-23(12-21)15-30(38-28)33(42)14-22-9-11-29-24(13-22)16-31(39-29)36(43)40-19-25(18-37)35-27-7-5-4-6-26(27)34(17-32(35)40)44-20(2)41/h4-13,15-17,25,38-39H,3,14,18-19H2,1-2H3. The first-order chi connectivity index (χ1) is 21.3. The fourth-order valence-electron chi connectivity index (χ4n) is 6.36. The molecule has 1 aliphatic rings. The molecule has 220 valence electrons. The van der Waals surface area contributed by atoms with Gasteiger partial charge in [0.2, 0.25) is 0 Å². The molecular weight excluding hydrogens is 574 g/mol. The Labute approximate surface area is 258 Å². The van der Waals surface area contributed by atoms with E-state index in [0.717, 1.165) is 50.1 Å². The van der Waals surface area contributed by atoms with Gasteiger partial charge in [0.05, 0.1) is 11.4 Å². The number of nitrogens with one attached hydrogen (secondary N) is 2. The smallest absolute Gasteiger partial charge is 0.308 e. The molecule has 0 aliphatic carbocycles. The van der Waals surface area contributed by atoms with Crippen LogP contribution < -0.4 is 9.64 Å². The van der Waals surface area contributed by atoms with Crippen molar-refractivity contribution < 1.29 is 19.1 Å². The number of carbonyl (C=O) groups is 3. The molecule has 3 heterocycles. The maximum absolute atomic E-state index is 14.0. The molecule has 2 aromatic heterocycles. The Balaban J connectivity index is 1.18. The molecule has 0 radical (unpaired) electrons. The molecule has 0 saturated carbocycles. The summed E-state index contributed by atoms with van der Waals surface area (Å²) in [5, 5.41) is 3.59. The van der Waals surface area contributed by atoms with E-state index < -0.39 is 5.97 Å². The van der Waals surface area contributed by atoms with Crippen LogP contribution in [0.25, 0.3) is 32.6 Å². The Kier molecular flexibility index (Phi) is 6.98. The molecule has 0 saturated heterocycles. The highest BCUT2D eigenvalue weighted by Gasteiger charge is 2.35. The second kappa shape index (κ2) is 11.0. The van der Waals surface area contributed by atoms with Crippen molar-refractivity contribution in [2.75, 3.05) is 17.3 Å². The molecule has 1 amide bonds. The van der Waals surface area contributed by atoms with E-state index in [1.165, 1.54) is 12.5 Å². The Bertz CT molecular complexity index is 2130. The minimum absolute atomic E-state index is 0.00188. The van der Waals surface area contributed by atoms with E-state index in [0.29, 0.717) is 35.2 Å². The lowest BCUT2D eigenvalue weighted by atomic mass is 9.95. The number of carbonyl (C=O) groups excluding carboxylic acids is 3. The number of aromatic amines is 2. The number of amides is 1. The summed E-state index contributed by atoms with van der Waals surface area (Å²) in [6, 6.07) is 25.2. The summed E-state index contributed by atoms with van der Waals surface area (Å²) in [5.41, 5.74) is 6.50. The number of Topliss-reactive ketones (excluding diaryl/α,β-unsaturated/α-hetero) is 1. The first-order valence-corrected chi connectivity index (χ1v) is 15.2. The zero-order chi connectivity index (χ0) is 30.5. The predicted octanol–water partition coefficient (Wildman–Crippen LogP) is 7.70. The molecule has 8 heteroatoms. The highest BCUT2D eigenvalue weighted by Crippen LogP contribution is 2.46. The molecule has 44 heavy (non-hydrogen) atoms. The summed E-state index contributed by atoms with van der Waals surface area (Å²) in [4.78, 5) is 47.3. The highest BCUT2D eigenvalue weighted by molar-refractivity contribution is 6.19. The van der Waals surface area contributed by atoms with Gasteiger partial charge < -0.3 is 19.6 Å². The van der Waals surface area contributed by atoms with E-state index >= 15 is 0 Å². The molecule has 1 aliphatic heterocycles. The molecule has 2 N–H and O–H groups in total. The second-order valence-electron chi connectivity index (χ2n) is 11.4. The van der Waals surface area contributed by atoms with Crippen molar-refractivity contribution in [1.82, 2.24) is 9.97 Å². The van der Waals surface area contributed by atoms with Crippen LogP contribution in [0.3, 0.4) is 0 Å². The fraction of sp³-hybridized carbons (Fsp3) is 0.194. The van der Waals surface area contributed by atoms with Crippen molar-refractivity contribution in [2.24, 2.45) is 0 Å². The van der Waals surface area contributed by atoms with Crippen LogP contribution in [0.1, 0.15) is 57.4 Å². The molecule has 0 spiro atoms. The molecule has 0 bridgehead atoms. The molecule has 7 nitrogen and oxygen atoms in total. The number of rotatable bonds is 7. The summed E-state index contributed by atoms with van der Waals surface area (Å²) in [7, 11) is 0. The van der Waals surface area contributed by atoms with Gasteiger partial charge in [0, 0.05) is 64.9 Å². The number of benzene rings is 4. The second-order valence-corrected chi connectivity index (χ2v) is 11.7. The van der Waals surface area contributed by atoms with E-state index in [9.17, 15) is 14.4 Å². The number of aryl methyl sites for hydroxylation is 1. The third-order valence-corrected chi connectivity index (χ3v) is 8.86. The SMILES string of the molecule is CCc1ccc2[nH]c(C(=O)Cc3ccc4[nH]c(C(=O)N5CC(CCl)c6c5cc(OC(C)=O)c5ccccc65)cc4c3)cc2c1. The van der Waals surface area contributed by atoms with Crippen molar-refractivity contribution >= 4 is 67.5 Å². The lowest BCUT2D eigenvalue weighted by molar-refractivity contribution is -0.131. The van der Waals surface area contributed by atoms with Gasteiger partial charge >= 0.3 is 5.97 Å². The molecule has 1 unspecified atom stereocenters. The zero-order valence-corrected chi connectivity index (χ0v) is 25.1. The van der Waals surface area contributed by atoms with E-state index in [1.54, 1.807) is 11.0 Å². The average molecular weight is 604 g/mol. The van der Waals surface area contributed by atoms with Crippen LogP contribution in [0.15, 0.2) is 78.9 Å². The zero-order valence-electron chi connectivity index (χ0n) is 24.4. The van der Waals surface area contributed by atoms with Crippen LogP contribution in [0.4, 0.5) is 5.69 Å². The minimum Gasteiger partial charge on any atom is -0.426 e. The van der Waals surface area contributed by atoms with Crippen LogP contribution in [0.2, 0.25) is 0 Å². The summed E-state index contributed by atoms with van der Waals surface area (Å²) >= 11 is 6.42. The molecular formula is C36H30ClN3O4. The molecule has 6 aromatic rings. The summed E-state index contributed by atoms with van der Waals surface area (Å²) < 4.78 is 5.56. The Morgan fingerprint density at radius 3 is 2.23 bits per heavy atom. The lowest BCUT2D eigenvalue weighted by Crippen LogP contribution is -2.30. The molecule has 0 fully saturated rings. The van der Waals surface area contributed by atoms with Gasteiger partial charge in [-0.25, -0.2) is 0 Å². The number of anilines is 1. The fourth-order valence-corrected chi connectivity index (χ4v) is 6.61. The van der Waals surface area contributed by atoms with Gasteiger partial charge in [-0.2, -0.15) is 0 Å². The first kappa shape index (κ1) is 27.9. The van der Waals surface area contributed by atoms with Crippen LogP contribution in [0, 0.1) is 0 Å². The van der Waals surface area contributed by atoms with Crippen molar-refractivity contribution in [1.29, 1.82) is 0 Å². The number of fused-ring (bicyclic) bond motifs is 5. The van der Waals surface area contributed by atoms with Crippen LogP contribution in [0.5, 0.6) is 5.75 Å². The van der Waals surface area contributed by atoms with E-state index in [-0.39, 0.29) is 24.0 Å². The van der Waals surface area contributed by atoms with Gasteiger partial charge in [-0.1, -0.05) is 43.3 Å². The number of H-pyrrole nitrogens is 2. The average Bonchev–Trinajstić information content (AvgIpc) is 3.75. The van der Waals surface area contributed by atoms with E-state index in [4.69, 9.17) is 16.3 Å². The number of halogens is 1. The number of ketones is 1. The summed E-state index contributed by atoms with van der Waals surface area (Å²) in [6.07, 6.45) is 1.18. The molecule has 1 atom stereocenters. The Morgan fingerprint density at radius 2 is 1.52 bits per heavy atom.